The van der Waals surface area contributed by atoms with Gasteiger partial charge in [-0.05, 0) is 73.8 Å². The molecular weight excluding hydrogens is 304 g/mol. The van der Waals surface area contributed by atoms with Gasteiger partial charge in [-0.2, -0.15) is 0 Å². The molecule has 4 aliphatic carbocycles. The summed E-state index contributed by atoms with van der Waals surface area (Å²) >= 11 is 0. The molecule has 4 fully saturated rings. The van der Waals surface area contributed by atoms with Crippen LogP contribution in [0.25, 0.3) is 0 Å². The van der Waals surface area contributed by atoms with Gasteiger partial charge < -0.3 is 14.6 Å². The van der Waals surface area contributed by atoms with Crippen LogP contribution in [0.15, 0.2) is 18.3 Å². The van der Waals surface area contributed by atoms with Gasteiger partial charge in [0, 0.05) is 19.8 Å². The van der Waals surface area contributed by atoms with Crippen molar-refractivity contribution < 1.29 is 14.3 Å². The van der Waals surface area contributed by atoms with Gasteiger partial charge in [0.05, 0.1) is 0 Å². The highest BCUT2D eigenvalue weighted by atomic mass is 16.5. The molecule has 24 heavy (non-hydrogen) atoms. The number of rotatable bonds is 5. The summed E-state index contributed by atoms with van der Waals surface area (Å²) in [6, 6.07) is 3.47. The molecule has 5 rings (SSSR count). The maximum atomic E-state index is 12.1. The lowest BCUT2D eigenvalue weighted by Gasteiger charge is -2.56. The molecule has 5 heteroatoms. The Labute approximate surface area is 142 Å². The Morgan fingerprint density at radius 2 is 1.83 bits per heavy atom. The first kappa shape index (κ1) is 15.7. The van der Waals surface area contributed by atoms with Crippen LogP contribution in [0.4, 0.5) is 0 Å². The van der Waals surface area contributed by atoms with Crippen molar-refractivity contribution in [2.24, 2.45) is 30.2 Å². The van der Waals surface area contributed by atoms with Crippen LogP contribution >= 0.6 is 0 Å². The number of aryl methyl sites for hydroxylation is 1. The molecule has 4 aliphatic rings. The van der Waals surface area contributed by atoms with Crippen LogP contribution in [0.5, 0.6) is 0 Å². The summed E-state index contributed by atoms with van der Waals surface area (Å²) in [5.41, 5.74) is 0.774. The molecule has 0 saturated heterocycles. The van der Waals surface area contributed by atoms with Crippen LogP contribution in [0, 0.1) is 23.2 Å². The fourth-order valence-electron chi connectivity index (χ4n) is 5.72. The Hall–Kier alpha value is -1.78. The Morgan fingerprint density at radius 1 is 1.21 bits per heavy atom. The number of amides is 1. The molecule has 130 valence electrons. The smallest absolute Gasteiger partial charge is 0.355 e. The van der Waals surface area contributed by atoms with Crippen molar-refractivity contribution >= 4 is 11.9 Å². The fourth-order valence-corrected chi connectivity index (χ4v) is 5.72. The molecule has 0 aromatic carbocycles. The molecule has 0 unspecified atom stereocenters. The van der Waals surface area contributed by atoms with Crippen molar-refractivity contribution in [3.63, 3.8) is 0 Å². The van der Waals surface area contributed by atoms with Gasteiger partial charge in [0.2, 0.25) is 0 Å². The normalized spacial score (nSPS) is 33.5. The first-order valence-corrected chi connectivity index (χ1v) is 9.08. The minimum absolute atomic E-state index is 0.187. The Bertz CT molecular complexity index is 614. The largest absolute Gasteiger partial charge is 0.451 e. The number of esters is 1. The highest BCUT2D eigenvalue weighted by molar-refractivity contribution is 5.89. The van der Waals surface area contributed by atoms with E-state index >= 15 is 0 Å². The van der Waals surface area contributed by atoms with E-state index in [0.29, 0.717) is 11.1 Å². The van der Waals surface area contributed by atoms with Crippen molar-refractivity contribution in [2.75, 3.05) is 13.2 Å². The Balaban J connectivity index is 1.27. The molecule has 5 nitrogen and oxygen atoms in total. The maximum absolute atomic E-state index is 12.1. The van der Waals surface area contributed by atoms with Gasteiger partial charge in [-0.15, -0.1) is 0 Å². The van der Waals surface area contributed by atoms with Gasteiger partial charge in [-0.25, -0.2) is 4.79 Å². The standard InChI is InChI=1S/C19H26N2O3/c1-21-4-2-3-16(21)18(23)24-11-17(22)20-12-19-8-13-5-14(9-19)7-15(6-13)10-19/h2-4,13-15H,5-12H2,1H3,(H,20,22). The van der Waals surface area contributed by atoms with E-state index in [9.17, 15) is 9.59 Å². The predicted molar refractivity (Wildman–Crippen MR) is 89.3 cm³/mol. The first-order chi connectivity index (χ1) is 11.5. The minimum atomic E-state index is -0.451. The zero-order chi connectivity index (χ0) is 16.7. The summed E-state index contributed by atoms with van der Waals surface area (Å²) in [4.78, 5) is 24.0. The molecule has 4 saturated carbocycles. The topological polar surface area (TPSA) is 60.3 Å². The third-order valence-corrected chi connectivity index (χ3v) is 6.31. The van der Waals surface area contributed by atoms with Crippen LogP contribution in [-0.4, -0.2) is 29.6 Å². The SMILES string of the molecule is Cn1cccc1C(=O)OCC(=O)NCC12CC3CC(CC(C3)C1)C2. The van der Waals surface area contributed by atoms with Crippen LogP contribution in [-0.2, 0) is 16.6 Å². The van der Waals surface area contributed by atoms with E-state index in [0.717, 1.165) is 24.3 Å². The molecule has 1 heterocycles. The van der Waals surface area contributed by atoms with Gasteiger partial charge in [0.25, 0.3) is 5.91 Å². The highest BCUT2D eigenvalue weighted by Gasteiger charge is 2.50. The average molecular weight is 330 g/mol. The molecular formula is C19H26N2O3. The number of nitrogens with zero attached hydrogens (tertiary/aromatic N) is 1. The quantitative estimate of drug-likeness (QED) is 0.844. The third kappa shape index (κ3) is 2.96. The number of aromatic nitrogens is 1. The zero-order valence-electron chi connectivity index (χ0n) is 14.3. The van der Waals surface area contributed by atoms with Gasteiger partial charge >= 0.3 is 5.97 Å². The fraction of sp³-hybridized carbons (Fsp3) is 0.684. The molecule has 0 radical (unpaired) electrons. The summed E-state index contributed by atoms with van der Waals surface area (Å²) in [7, 11) is 1.78. The summed E-state index contributed by atoms with van der Waals surface area (Å²) in [6.07, 6.45) is 9.79. The second kappa shape index (κ2) is 5.94. The van der Waals surface area contributed by atoms with E-state index in [2.05, 4.69) is 5.32 Å². The lowest BCUT2D eigenvalue weighted by Crippen LogP contribution is -2.51. The van der Waals surface area contributed by atoms with E-state index in [4.69, 9.17) is 4.74 Å². The molecule has 0 atom stereocenters. The van der Waals surface area contributed by atoms with Crippen molar-refractivity contribution in [1.82, 2.24) is 9.88 Å². The number of hydrogen-bond acceptors (Lipinski definition) is 3. The Morgan fingerprint density at radius 3 is 2.38 bits per heavy atom. The van der Waals surface area contributed by atoms with Crippen LogP contribution in [0.2, 0.25) is 0 Å². The molecule has 0 aliphatic heterocycles. The van der Waals surface area contributed by atoms with Crippen LogP contribution < -0.4 is 5.32 Å². The third-order valence-electron chi connectivity index (χ3n) is 6.31. The van der Waals surface area contributed by atoms with Crippen molar-refractivity contribution in [3.05, 3.63) is 24.0 Å². The molecule has 1 aromatic rings. The van der Waals surface area contributed by atoms with Gasteiger partial charge in [0.15, 0.2) is 6.61 Å². The lowest BCUT2D eigenvalue weighted by atomic mass is 9.49. The summed E-state index contributed by atoms with van der Waals surface area (Å²) < 4.78 is 6.82. The molecule has 1 amide bonds. The first-order valence-electron chi connectivity index (χ1n) is 9.08. The Kier molecular flexibility index (Phi) is 3.89. The molecule has 4 bridgehead atoms. The van der Waals surface area contributed by atoms with E-state index in [-0.39, 0.29) is 12.5 Å². The van der Waals surface area contributed by atoms with Gasteiger partial charge in [0.1, 0.15) is 5.69 Å². The zero-order valence-corrected chi connectivity index (χ0v) is 14.3. The van der Waals surface area contributed by atoms with Crippen molar-refractivity contribution in [3.8, 4) is 0 Å². The number of nitrogens with one attached hydrogen (secondary N) is 1. The van der Waals surface area contributed by atoms with E-state index in [1.165, 1.54) is 38.5 Å². The second-order valence-corrected chi connectivity index (χ2v) is 8.27. The van der Waals surface area contributed by atoms with Crippen molar-refractivity contribution in [1.29, 1.82) is 0 Å². The number of ether oxygens (including phenoxy) is 1. The lowest BCUT2D eigenvalue weighted by molar-refractivity contribution is -0.126. The minimum Gasteiger partial charge on any atom is -0.451 e. The average Bonchev–Trinajstić information content (AvgIpc) is 2.95. The van der Waals surface area contributed by atoms with Gasteiger partial charge in [-0.1, -0.05) is 0 Å². The van der Waals surface area contributed by atoms with Crippen LogP contribution in [0.3, 0.4) is 0 Å². The highest BCUT2D eigenvalue weighted by Crippen LogP contribution is 2.59. The maximum Gasteiger partial charge on any atom is 0.355 e. The molecule has 1 aromatic heterocycles. The van der Waals surface area contributed by atoms with Crippen molar-refractivity contribution in [2.45, 2.75) is 38.5 Å². The van der Waals surface area contributed by atoms with E-state index in [1.54, 1.807) is 29.9 Å². The molecule has 1 N–H and O–H groups in total. The predicted octanol–water partition coefficient (Wildman–Crippen LogP) is 2.51. The number of carbonyl (C=O) groups is 2. The number of carbonyl (C=O) groups excluding carboxylic acids is 2. The molecule has 0 spiro atoms. The number of hydrogen-bond donors (Lipinski definition) is 1. The van der Waals surface area contributed by atoms with Gasteiger partial charge in [-0.3, -0.25) is 4.79 Å². The summed E-state index contributed by atoms with van der Waals surface area (Å²) in [5.74, 6) is 2.00. The van der Waals surface area contributed by atoms with E-state index < -0.39 is 5.97 Å². The second-order valence-electron chi connectivity index (χ2n) is 8.27. The monoisotopic (exact) mass is 330 g/mol. The summed E-state index contributed by atoms with van der Waals surface area (Å²) in [6.45, 7) is 0.549. The summed E-state index contributed by atoms with van der Waals surface area (Å²) in [5, 5.41) is 3.03. The van der Waals surface area contributed by atoms with Crippen LogP contribution in [0.1, 0.15) is 49.0 Å². The van der Waals surface area contributed by atoms with E-state index in [1.807, 2.05) is 0 Å².